The Labute approximate surface area is 112 Å². The predicted octanol–water partition coefficient (Wildman–Crippen LogP) is 5.16. The highest BCUT2D eigenvalue weighted by atomic mass is 16.4. The molecule has 1 aliphatic carbocycles. The van der Waals surface area contributed by atoms with Gasteiger partial charge in [0.15, 0.2) is 0 Å². The van der Waals surface area contributed by atoms with E-state index in [4.69, 9.17) is 5.11 Å². The summed E-state index contributed by atoms with van der Waals surface area (Å²) in [6.45, 7) is 0. The van der Waals surface area contributed by atoms with Crippen molar-refractivity contribution in [1.29, 1.82) is 0 Å². The fourth-order valence-electron chi connectivity index (χ4n) is 3.08. The highest BCUT2D eigenvalue weighted by Crippen LogP contribution is 2.24. The lowest BCUT2D eigenvalue weighted by Gasteiger charge is -2.17. The summed E-state index contributed by atoms with van der Waals surface area (Å²) in [5, 5.41) is 8.69. The molecule has 18 heavy (non-hydrogen) atoms. The Morgan fingerprint density at radius 1 is 0.833 bits per heavy atom. The zero-order valence-corrected chi connectivity index (χ0v) is 11.8. The van der Waals surface area contributed by atoms with Crippen LogP contribution in [0.4, 0.5) is 0 Å². The standard InChI is InChI=1S/C16H30O2/c17-16(18)14-10-13-15-11-8-6-4-2-1-3-5-7-9-12-15/h15H,1-14H2,(H,17,18). The first-order valence-electron chi connectivity index (χ1n) is 8.01. The third-order valence-corrected chi connectivity index (χ3v) is 4.23. The maximum Gasteiger partial charge on any atom is 0.303 e. The van der Waals surface area contributed by atoms with Crippen molar-refractivity contribution in [3.8, 4) is 0 Å². The van der Waals surface area contributed by atoms with Crippen molar-refractivity contribution in [2.24, 2.45) is 5.92 Å². The lowest BCUT2D eigenvalue weighted by molar-refractivity contribution is -0.137. The zero-order valence-electron chi connectivity index (χ0n) is 11.8. The van der Waals surface area contributed by atoms with Crippen LogP contribution in [0, 0.1) is 5.92 Å². The van der Waals surface area contributed by atoms with Gasteiger partial charge in [-0.25, -0.2) is 0 Å². The quantitative estimate of drug-likeness (QED) is 0.752. The molecule has 1 saturated carbocycles. The highest BCUT2D eigenvalue weighted by Gasteiger charge is 2.10. The van der Waals surface area contributed by atoms with E-state index in [1.54, 1.807) is 0 Å². The number of carbonyl (C=O) groups is 1. The monoisotopic (exact) mass is 254 g/mol. The Hall–Kier alpha value is -0.530. The van der Waals surface area contributed by atoms with Gasteiger partial charge in [-0.1, -0.05) is 70.6 Å². The molecular formula is C16H30O2. The normalized spacial score (nSPS) is 20.9. The van der Waals surface area contributed by atoms with Crippen LogP contribution in [-0.2, 0) is 4.79 Å². The van der Waals surface area contributed by atoms with Crippen molar-refractivity contribution in [2.45, 2.75) is 89.9 Å². The topological polar surface area (TPSA) is 37.3 Å². The summed E-state index contributed by atoms with van der Waals surface area (Å²) in [5.74, 6) is 0.159. The Balaban J connectivity index is 2.20. The molecule has 0 heterocycles. The van der Waals surface area contributed by atoms with E-state index >= 15 is 0 Å². The molecule has 0 bridgehead atoms. The third kappa shape index (κ3) is 8.54. The molecule has 1 rings (SSSR count). The first kappa shape index (κ1) is 15.5. The maximum atomic E-state index is 10.5. The Morgan fingerprint density at radius 2 is 1.28 bits per heavy atom. The van der Waals surface area contributed by atoms with Crippen molar-refractivity contribution in [2.75, 3.05) is 0 Å². The number of aliphatic carboxylic acids is 1. The molecule has 0 aromatic rings. The minimum absolute atomic E-state index is 0.358. The summed E-state index contributed by atoms with van der Waals surface area (Å²) in [7, 11) is 0. The molecule has 0 radical (unpaired) electrons. The van der Waals surface area contributed by atoms with Gasteiger partial charge in [0.25, 0.3) is 0 Å². The second-order valence-electron chi connectivity index (χ2n) is 5.91. The second kappa shape index (κ2) is 10.4. The molecule has 106 valence electrons. The lowest BCUT2D eigenvalue weighted by atomic mass is 9.89. The van der Waals surface area contributed by atoms with Gasteiger partial charge in [-0.15, -0.1) is 0 Å². The predicted molar refractivity (Wildman–Crippen MR) is 75.8 cm³/mol. The number of hydrogen-bond acceptors (Lipinski definition) is 1. The first-order chi connectivity index (χ1) is 8.79. The molecule has 1 N–H and O–H groups in total. The average molecular weight is 254 g/mol. The van der Waals surface area contributed by atoms with Gasteiger partial charge >= 0.3 is 5.97 Å². The lowest BCUT2D eigenvalue weighted by Crippen LogP contribution is -2.04. The van der Waals surface area contributed by atoms with E-state index in [0.29, 0.717) is 6.42 Å². The van der Waals surface area contributed by atoms with Crippen molar-refractivity contribution in [3.05, 3.63) is 0 Å². The van der Waals surface area contributed by atoms with E-state index in [1.807, 2.05) is 0 Å². The van der Waals surface area contributed by atoms with Crippen molar-refractivity contribution in [1.82, 2.24) is 0 Å². The summed E-state index contributed by atoms with van der Waals surface area (Å²) in [6.07, 6.45) is 17.6. The van der Waals surface area contributed by atoms with E-state index in [2.05, 4.69) is 0 Å². The summed E-state index contributed by atoms with van der Waals surface area (Å²) in [5.41, 5.74) is 0. The fourth-order valence-corrected chi connectivity index (χ4v) is 3.08. The molecule has 2 heteroatoms. The average Bonchev–Trinajstić information content (AvgIpc) is 2.31. The van der Waals surface area contributed by atoms with Gasteiger partial charge in [-0.2, -0.15) is 0 Å². The van der Waals surface area contributed by atoms with Gasteiger partial charge in [-0.3, -0.25) is 4.79 Å². The molecule has 2 nitrogen and oxygen atoms in total. The van der Waals surface area contributed by atoms with Gasteiger partial charge in [-0.05, 0) is 18.8 Å². The molecule has 0 aliphatic heterocycles. The van der Waals surface area contributed by atoms with E-state index in [1.165, 1.54) is 70.6 Å². The zero-order chi connectivity index (χ0) is 13.1. The maximum absolute atomic E-state index is 10.5. The SMILES string of the molecule is O=C(O)CCCC1CCCCCCCCCCC1. The van der Waals surface area contributed by atoms with Crippen LogP contribution < -0.4 is 0 Å². The largest absolute Gasteiger partial charge is 0.481 e. The van der Waals surface area contributed by atoms with Crippen molar-refractivity contribution < 1.29 is 9.90 Å². The van der Waals surface area contributed by atoms with Crippen LogP contribution in [0.15, 0.2) is 0 Å². The van der Waals surface area contributed by atoms with Crippen LogP contribution in [-0.4, -0.2) is 11.1 Å². The van der Waals surface area contributed by atoms with Crippen LogP contribution in [0.3, 0.4) is 0 Å². The fraction of sp³-hybridized carbons (Fsp3) is 0.938. The summed E-state index contributed by atoms with van der Waals surface area (Å²) in [6, 6.07) is 0. The van der Waals surface area contributed by atoms with Gasteiger partial charge < -0.3 is 5.11 Å². The van der Waals surface area contributed by atoms with Crippen molar-refractivity contribution in [3.63, 3.8) is 0 Å². The van der Waals surface area contributed by atoms with Gasteiger partial charge in [0.2, 0.25) is 0 Å². The molecule has 0 aromatic carbocycles. The number of carboxylic acids is 1. The minimum Gasteiger partial charge on any atom is -0.481 e. The number of rotatable bonds is 4. The molecular weight excluding hydrogens is 224 g/mol. The van der Waals surface area contributed by atoms with Crippen LogP contribution in [0.5, 0.6) is 0 Å². The van der Waals surface area contributed by atoms with E-state index in [0.717, 1.165) is 18.8 Å². The second-order valence-corrected chi connectivity index (χ2v) is 5.91. The van der Waals surface area contributed by atoms with E-state index < -0.39 is 5.97 Å². The van der Waals surface area contributed by atoms with Crippen LogP contribution in [0.25, 0.3) is 0 Å². The van der Waals surface area contributed by atoms with Gasteiger partial charge in [0.05, 0.1) is 0 Å². The summed E-state index contributed by atoms with van der Waals surface area (Å²) >= 11 is 0. The Morgan fingerprint density at radius 3 is 1.72 bits per heavy atom. The molecule has 0 atom stereocenters. The summed E-state index contributed by atoms with van der Waals surface area (Å²) < 4.78 is 0. The molecule has 0 saturated heterocycles. The van der Waals surface area contributed by atoms with Crippen LogP contribution in [0.1, 0.15) is 89.9 Å². The Kier molecular flexibility index (Phi) is 8.97. The van der Waals surface area contributed by atoms with E-state index in [-0.39, 0.29) is 0 Å². The van der Waals surface area contributed by atoms with Crippen LogP contribution in [0.2, 0.25) is 0 Å². The first-order valence-corrected chi connectivity index (χ1v) is 8.01. The smallest absolute Gasteiger partial charge is 0.303 e. The van der Waals surface area contributed by atoms with Crippen LogP contribution >= 0.6 is 0 Å². The van der Waals surface area contributed by atoms with Crippen molar-refractivity contribution >= 4 is 5.97 Å². The molecule has 1 aliphatic rings. The summed E-state index contributed by atoms with van der Waals surface area (Å²) in [4.78, 5) is 10.5. The third-order valence-electron chi connectivity index (χ3n) is 4.23. The molecule has 0 amide bonds. The number of hydrogen-bond donors (Lipinski definition) is 1. The highest BCUT2D eigenvalue weighted by molar-refractivity contribution is 5.66. The minimum atomic E-state index is -0.636. The molecule has 0 spiro atoms. The number of carboxylic acid groups (broad SMARTS) is 1. The van der Waals surface area contributed by atoms with Gasteiger partial charge in [0.1, 0.15) is 0 Å². The molecule has 1 fully saturated rings. The Bertz CT molecular complexity index is 201. The molecule has 0 aromatic heterocycles. The van der Waals surface area contributed by atoms with Gasteiger partial charge in [0, 0.05) is 6.42 Å². The van der Waals surface area contributed by atoms with E-state index in [9.17, 15) is 4.79 Å². The molecule has 0 unspecified atom stereocenters.